The number of alkyl halides is 5. The topological polar surface area (TPSA) is 9.23 Å². The van der Waals surface area contributed by atoms with Crippen molar-refractivity contribution in [3.63, 3.8) is 0 Å². The lowest BCUT2D eigenvalue weighted by atomic mass is 10.6. The molecule has 0 aliphatic heterocycles. The molecule has 0 radical (unpaired) electrons. The third-order valence-electron chi connectivity index (χ3n) is 0.569. The number of hydrogen-bond acceptors (Lipinski definition) is 1. The lowest BCUT2D eigenvalue weighted by molar-refractivity contribution is -0.301. The minimum absolute atomic E-state index is 1.31. The monoisotopic (exact) mass is 240 g/mol. The molecule has 66 valence electrons. The second-order valence-electron chi connectivity index (χ2n) is 1.47. The van der Waals surface area contributed by atoms with Gasteiger partial charge in [0.1, 0.15) is 0 Å². The van der Waals surface area contributed by atoms with Crippen LogP contribution in [0.2, 0.25) is 0 Å². The van der Waals surface area contributed by atoms with Gasteiger partial charge < -0.3 is 4.74 Å². The summed E-state index contributed by atoms with van der Waals surface area (Å²) < 4.78 is 61.4. The van der Waals surface area contributed by atoms with Crippen molar-refractivity contribution >= 4 is 15.9 Å². The van der Waals surface area contributed by atoms with Crippen molar-refractivity contribution in [3.05, 3.63) is 12.6 Å². The van der Waals surface area contributed by atoms with Crippen LogP contribution in [-0.4, -0.2) is 10.9 Å². The predicted molar refractivity (Wildman–Crippen MR) is 30.2 cm³/mol. The molecule has 0 N–H and O–H groups in total. The summed E-state index contributed by atoms with van der Waals surface area (Å²) in [5.74, 6) is 0. The maximum Gasteiger partial charge on any atom is 0.477 e. The smallest absolute Gasteiger partial charge is 0.401 e. The van der Waals surface area contributed by atoms with Crippen LogP contribution in [0, 0.1) is 0 Å². The normalized spacial score (nSPS) is 12.9. The van der Waals surface area contributed by atoms with Gasteiger partial charge in [0.05, 0.1) is 0 Å². The van der Waals surface area contributed by atoms with E-state index in [0.717, 1.165) is 0 Å². The molecule has 0 bridgehead atoms. The van der Waals surface area contributed by atoms with E-state index >= 15 is 0 Å². The molecule has 0 aliphatic rings. The Bertz CT molecular complexity index is 162. The number of hydrogen-bond donors (Lipinski definition) is 0. The lowest BCUT2D eigenvalue weighted by Gasteiger charge is -2.19. The third kappa shape index (κ3) is 3.04. The van der Waals surface area contributed by atoms with Gasteiger partial charge >= 0.3 is 10.9 Å². The van der Waals surface area contributed by atoms with Crippen molar-refractivity contribution in [3.8, 4) is 0 Å². The Labute approximate surface area is 67.0 Å². The van der Waals surface area contributed by atoms with Gasteiger partial charge in [0.25, 0.3) is 6.01 Å². The SMILES string of the molecule is C=C(F)OC(F)(F)C(F)(F)Br. The van der Waals surface area contributed by atoms with Crippen molar-refractivity contribution < 1.29 is 26.7 Å². The molecule has 0 aromatic heterocycles. The summed E-state index contributed by atoms with van der Waals surface area (Å²) >= 11 is 1.31. The first-order valence-electron chi connectivity index (χ1n) is 2.15. The largest absolute Gasteiger partial charge is 0.477 e. The van der Waals surface area contributed by atoms with E-state index in [0.29, 0.717) is 0 Å². The minimum atomic E-state index is -4.93. The van der Waals surface area contributed by atoms with Gasteiger partial charge in [-0.2, -0.15) is 22.0 Å². The van der Waals surface area contributed by atoms with Gasteiger partial charge in [-0.1, -0.05) is 0 Å². The van der Waals surface area contributed by atoms with Crippen molar-refractivity contribution in [2.45, 2.75) is 10.9 Å². The van der Waals surface area contributed by atoms with Crippen LogP contribution in [-0.2, 0) is 4.74 Å². The average molecular weight is 241 g/mol. The highest BCUT2D eigenvalue weighted by molar-refractivity contribution is 9.10. The van der Waals surface area contributed by atoms with Gasteiger partial charge in [0.15, 0.2) is 0 Å². The van der Waals surface area contributed by atoms with Gasteiger partial charge in [0, 0.05) is 15.9 Å². The van der Waals surface area contributed by atoms with Crippen LogP contribution in [0.15, 0.2) is 12.6 Å². The first kappa shape index (κ1) is 10.7. The lowest BCUT2D eigenvalue weighted by Crippen LogP contribution is -2.36. The van der Waals surface area contributed by atoms with Crippen LogP contribution < -0.4 is 0 Å². The van der Waals surface area contributed by atoms with Crippen molar-refractivity contribution in [2.24, 2.45) is 0 Å². The molecule has 0 amide bonds. The highest BCUT2D eigenvalue weighted by Gasteiger charge is 2.58. The predicted octanol–water partition coefficient (Wildman–Crippen LogP) is 3.02. The zero-order valence-corrected chi connectivity index (χ0v) is 6.47. The molecule has 0 unspecified atom stereocenters. The molecule has 0 atom stereocenters. The van der Waals surface area contributed by atoms with Crippen molar-refractivity contribution in [1.29, 1.82) is 0 Å². The van der Waals surface area contributed by atoms with Crippen LogP contribution in [0.3, 0.4) is 0 Å². The summed E-state index contributed by atoms with van der Waals surface area (Å²) in [6.07, 6.45) is -4.93. The fourth-order valence-electron chi connectivity index (χ4n) is 0.197. The first-order chi connectivity index (χ1) is 4.67. The number of halogens is 6. The van der Waals surface area contributed by atoms with E-state index in [4.69, 9.17) is 0 Å². The fraction of sp³-hybridized carbons (Fsp3) is 0.500. The zero-order chi connectivity index (χ0) is 9.28. The van der Waals surface area contributed by atoms with Crippen LogP contribution in [0.5, 0.6) is 0 Å². The van der Waals surface area contributed by atoms with E-state index in [1.165, 1.54) is 15.9 Å². The molecule has 1 nitrogen and oxygen atoms in total. The molecule has 0 aromatic rings. The van der Waals surface area contributed by atoms with Crippen LogP contribution in [0.1, 0.15) is 0 Å². The van der Waals surface area contributed by atoms with Gasteiger partial charge in [-0.05, 0) is 6.58 Å². The number of rotatable bonds is 3. The molecule has 0 aliphatic carbocycles. The van der Waals surface area contributed by atoms with E-state index < -0.39 is 17.0 Å². The maximum atomic E-state index is 11.9. The van der Waals surface area contributed by atoms with Gasteiger partial charge in [-0.15, -0.1) is 0 Å². The van der Waals surface area contributed by atoms with E-state index in [1.54, 1.807) is 0 Å². The van der Waals surface area contributed by atoms with E-state index in [2.05, 4.69) is 11.3 Å². The molecule has 11 heavy (non-hydrogen) atoms. The average Bonchev–Trinajstić information content (AvgIpc) is 1.56. The van der Waals surface area contributed by atoms with Crippen molar-refractivity contribution in [2.75, 3.05) is 0 Å². The summed E-state index contributed by atoms with van der Waals surface area (Å²) in [4.78, 5) is -4.62. The zero-order valence-electron chi connectivity index (χ0n) is 4.88. The van der Waals surface area contributed by atoms with Crippen molar-refractivity contribution in [1.82, 2.24) is 0 Å². The standard InChI is InChI=1S/C4H2BrF5O/c1-2(6)11-4(9,10)3(5,7)8/h1H2. The van der Waals surface area contributed by atoms with Gasteiger partial charge in [-0.3, -0.25) is 0 Å². The summed E-state index contributed by atoms with van der Waals surface area (Å²) in [5.41, 5.74) is 0. The molecule has 0 aromatic carbocycles. The van der Waals surface area contributed by atoms with E-state index in [-0.39, 0.29) is 0 Å². The summed E-state index contributed by atoms with van der Waals surface area (Å²) in [6.45, 7) is 2.23. The molecule has 7 heteroatoms. The Kier molecular flexibility index (Phi) is 2.87. The highest BCUT2D eigenvalue weighted by Crippen LogP contribution is 2.41. The molecule has 0 rings (SSSR count). The maximum absolute atomic E-state index is 11.9. The quantitative estimate of drug-likeness (QED) is 0.419. The third-order valence-corrected chi connectivity index (χ3v) is 1.03. The Balaban J connectivity index is 4.34. The van der Waals surface area contributed by atoms with Gasteiger partial charge in [0.2, 0.25) is 0 Å². The highest BCUT2D eigenvalue weighted by atomic mass is 79.9. The Morgan fingerprint density at radius 1 is 1.27 bits per heavy atom. The molecule has 0 fully saturated rings. The molecule has 0 saturated carbocycles. The van der Waals surface area contributed by atoms with Crippen LogP contribution in [0.4, 0.5) is 22.0 Å². The Hall–Kier alpha value is -0.330. The molecule has 0 spiro atoms. The fourth-order valence-corrected chi connectivity index (χ4v) is 0.278. The Morgan fingerprint density at radius 2 is 1.64 bits per heavy atom. The van der Waals surface area contributed by atoms with E-state index in [1.807, 2.05) is 0 Å². The molecule has 0 saturated heterocycles. The summed E-state index contributed by atoms with van der Waals surface area (Å²) in [5, 5.41) is 0. The van der Waals surface area contributed by atoms with E-state index in [9.17, 15) is 22.0 Å². The molecule has 0 heterocycles. The van der Waals surface area contributed by atoms with Crippen LogP contribution in [0.25, 0.3) is 0 Å². The Morgan fingerprint density at radius 3 is 1.73 bits per heavy atom. The van der Waals surface area contributed by atoms with Crippen LogP contribution >= 0.6 is 15.9 Å². The minimum Gasteiger partial charge on any atom is -0.401 e. The second kappa shape index (κ2) is 2.96. The molecular weight excluding hydrogens is 239 g/mol. The molecular formula is C4H2BrF5O. The summed E-state index contributed by atoms with van der Waals surface area (Å²) in [6, 6.07) is -1.98. The first-order valence-corrected chi connectivity index (χ1v) is 2.94. The number of ether oxygens (including phenoxy) is 1. The second-order valence-corrected chi connectivity index (χ2v) is 2.47. The summed E-state index contributed by atoms with van der Waals surface area (Å²) in [7, 11) is 0. The van der Waals surface area contributed by atoms with Gasteiger partial charge in [-0.25, -0.2) is 0 Å².